The molecular formula is C15H26NO2+. The number of para-hydroxylation sites is 1. The van der Waals surface area contributed by atoms with Crippen LogP contribution in [0, 0.1) is 0 Å². The largest absolute Gasteiger partial charge is 0.491 e. The number of likely N-dealkylation sites (N-methyl/N-ethyl adjacent to an activating group) is 1. The van der Waals surface area contributed by atoms with Crippen molar-refractivity contribution in [3.63, 3.8) is 0 Å². The second kappa shape index (κ2) is 7.39. The molecule has 0 saturated carbocycles. The molecule has 0 heterocycles. The van der Waals surface area contributed by atoms with Crippen molar-refractivity contribution in [3.8, 4) is 5.75 Å². The van der Waals surface area contributed by atoms with Crippen molar-refractivity contribution in [1.82, 2.24) is 0 Å². The topological polar surface area (TPSA) is 29.5 Å². The lowest BCUT2D eigenvalue weighted by Crippen LogP contribution is -2.52. The molecule has 0 amide bonds. The number of aliphatic hydroxyl groups excluding tert-OH is 1. The van der Waals surface area contributed by atoms with Crippen LogP contribution in [-0.4, -0.2) is 48.5 Å². The lowest BCUT2D eigenvalue weighted by Gasteiger charge is -2.37. The van der Waals surface area contributed by atoms with Gasteiger partial charge in [0.15, 0.2) is 0 Å². The Bertz CT molecular complexity index is 314. The molecule has 0 fully saturated rings. The zero-order valence-electron chi connectivity index (χ0n) is 11.8. The number of aliphatic hydroxyl groups is 1. The highest BCUT2D eigenvalue weighted by Gasteiger charge is 2.25. The second-order valence-corrected chi connectivity index (χ2v) is 4.75. The van der Waals surface area contributed by atoms with Crippen LogP contribution in [0.4, 0.5) is 0 Å². The van der Waals surface area contributed by atoms with Crippen LogP contribution in [0.1, 0.15) is 20.8 Å². The molecule has 0 bridgehead atoms. The van der Waals surface area contributed by atoms with Gasteiger partial charge in [0.2, 0.25) is 0 Å². The Morgan fingerprint density at radius 1 is 1.06 bits per heavy atom. The van der Waals surface area contributed by atoms with E-state index < -0.39 is 6.10 Å². The monoisotopic (exact) mass is 252 g/mol. The van der Waals surface area contributed by atoms with Crippen molar-refractivity contribution in [2.45, 2.75) is 26.9 Å². The first-order valence-electron chi connectivity index (χ1n) is 6.86. The number of nitrogens with zero attached hydrogens (tertiary/aromatic N) is 1. The summed E-state index contributed by atoms with van der Waals surface area (Å²) >= 11 is 0. The molecule has 102 valence electrons. The molecule has 0 radical (unpaired) electrons. The van der Waals surface area contributed by atoms with Gasteiger partial charge in [0.05, 0.1) is 19.6 Å². The van der Waals surface area contributed by atoms with Crippen LogP contribution in [0.5, 0.6) is 5.75 Å². The van der Waals surface area contributed by atoms with Gasteiger partial charge < -0.3 is 14.3 Å². The van der Waals surface area contributed by atoms with Gasteiger partial charge in [-0.2, -0.15) is 0 Å². The number of hydrogen-bond acceptors (Lipinski definition) is 2. The Hall–Kier alpha value is -1.06. The summed E-state index contributed by atoms with van der Waals surface area (Å²) in [7, 11) is 0. The fraction of sp³-hybridized carbons (Fsp3) is 0.600. The van der Waals surface area contributed by atoms with Gasteiger partial charge in [-0.25, -0.2) is 0 Å². The summed E-state index contributed by atoms with van der Waals surface area (Å²) < 4.78 is 6.53. The smallest absolute Gasteiger partial charge is 0.137 e. The van der Waals surface area contributed by atoms with Gasteiger partial charge in [0.25, 0.3) is 0 Å². The molecule has 1 aromatic rings. The van der Waals surface area contributed by atoms with Gasteiger partial charge in [-0.1, -0.05) is 18.2 Å². The Balaban J connectivity index is 2.43. The maximum Gasteiger partial charge on any atom is 0.137 e. The Morgan fingerprint density at radius 2 is 1.61 bits per heavy atom. The number of ether oxygens (including phenoxy) is 1. The minimum atomic E-state index is -0.412. The molecule has 3 heteroatoms. The van der Waals surface area contributed by atoms with Crippen molar-refractivity contribution < 1.29 is 14.3 Å². The normalized spacial score (nSPS) is 13.3. The summed E-state index contributed by atoms with van der Waals surface area (Å²) in [6.07, 6.45) is -0.412. The summed E-state index contributed by atoms with van der Waals surface area (Å²) in [5.41, 5.74) is 0. The van der Waals surface area contributed by atoms with E-state index in [4.69, 9.17) is 4.74 Å². The van der Waals surface area contributed by atoms with Crippen LogP contribution in [0.2, 0.25) is 0 Å². The van der Waals surface area contributed by atoms with Crippen LogP contribution in [0.15, 0.2) is 30.3 Å². The standard InChI is InChI=1S/C15H26NO2/c1-4-16(5-2,6-3)12-14(17)13-18-15-10-8-7-9-11-15/h7-11,14,17H,4-6,12-13H2,1-3H3/q+1/t14-/m1/s1. The van der Waals surface area contributed by atoms with E-state index in [-0.39, 0.29) is 0 Å². The van der Waals surface area contributed by atoms with E-state index in [2.05, 4.69) is 20.8 Å². The van der Waals surface area contributed by atoms with Gasteiger partial charge in [0.1, 0.15) is 25.0 Å². The first-order valence-corrected chi connectivity index (χ1v) is 6.86. The van der Waals surface area contributed by atoms with E-state index in [0.29, 0.717) is 6.61 Å². The van der Waals surface area contributed by atoms with Crippen molar-refractivity contribution in [2.75, 3.05) is 32.8 Å². The minimum absolute atomic E-state index is 0.365. The van der Waals surface area contributed by atoms with Crippen molar-refractivity contribution in [1.29, 1.82) is 0 Å². The van der Waals surface area contributed by atoms with Crippen LogP contribution in [-0.2, 0) is 0 Å². The first kappa shape index (κ1) is 15.0. The summed E-state index contributed by atoms with van der Waals surface area (Å²) in [6.45, 7) is 10.8. The molecular weight excluding hydrogens is 226 g/mol. The summed E-state index contributed by atoms with van der Waals surface area (Å²) in [5.74, 6) is 0.819. The van der Waals surface area contributed by atoms with Gasteiger partial charge in [-0.05, 0) is 32.9 Å². The quantitative estimate of drug-likeness (QED) is 0.719. The van der Waals surface area contributed by atoms with Crippen molar-refractivity contribution >= 4 is 0 Å². The predicted molar refractivity (Wildman–Crippen MR) is 74.7 cm³/mol. The molecule has 3 nitrogen and oxygen atoms in total. The SMILES string of the molecule is CC[N+](CC)(CC)C[C@@H](O)COc1ccccc1. The maximum atomic E-state index is 10.1. The van der Waals surface area contributed by atoms with Crippen LogP contribution in [0.3, 0.4) is 0 Å². The summed E-state index contributed by atoms with van der Waals surface area (Å²) in [6, 6.07) is 9.65. The molecule has 0 aliphatic carbocycles. The lowest BCUT2D eigenvalue weighted by atomic mass is 10.2. The third-order valence-electron chi connectivity index (χ3n) is 3.80. The van der Waals surface area contributed by atoms with E-state index in [1.807, 2.05) is 30.3 Å². The average Bonchev–Trinajstić information content (AvgIpc) is 2.44. The molecule has 1 N–H and O–H groups in total. The van der Waals surface area contributed by atoms with Gasteiger partial charge in [-0.3, -0.25) is 0 Å². The number of hydrogen-bond donors (Lipinski definition) is 1. The lowest BCUT2D eigenvalue weighted by molar-refractivity contribution is -0.926. The molecule has 0 aliphatic heterocycles. The highest BCUT2D eigenvalue weighted by molar-refractivity contribution is 5.20. The molecule has 1 atom stereocenters. The Morgan fingerprint density at radius 3 is 2.11 bits per heavy atom. The maximum absolute atomic E-state index is 10.1. The Labute approximate surface area is 111 Å². The number of quaternary nitrogens is 1. The zero-order chi connectivity index (χ0) is 13.4. The predicted octanol–water partition coefficient (Wildman–Crippen LogP) is 2.30. The van der Waals surface area contributed by atoms with E-state index >= 15 is 0 Å². The minimum Gasteiger partial charge on any atom is -0.491 e. The fourth-order valence-corrected chi connectivity index (χ4v) is 2.27. The van der Waals surface area contributed by atoms with E-state index in [9.17, 15) is 5.11 Å². The highest BCUT2D eigenvalue weighted by Crippen LogP contribution is 2.11. The van der Waals surface area contributed by atoms with E-state index in [1.54, 1.807) is 0 Å². The van der Waals surface area contributed by atoms with Crippen molar-refractivity contribution in [2.24, 2.45) is 0 Å². The summed E-state index contributed by atoms with van der Waals surface area (Å²) in [4.78, 5) is 0. The summed E-state index contributed by atoms with van der Waals surface area (Å²) in [5, 5.41) is 10.1. The third kappa shape index (κ3) is 4.31. The molecule has 0 saturated heterocycles. The van der Waals surface area contributed by atoms with Gasteiger partial charge in [0, 0.05) is 0 Å². The second-order valence-electron chi connectivity index (χ2n) is 4.75. The van der Waals surface area contributed by atoms with Gasteiger partial charge in [-0.15, -0.1) is 0 Å². The average molecular weight is 252 g/mol. The first-order chi connectivity index (χ1) is 8.65. The number of rotatable bonds is 8. The zero-order valence-corrected chi connectivity index (χ0v) is 11.8. The number of benzene rings is 1. The molecule has 1 rings (SSSR count). The highest BCUT2D eigenvalue weighted by atomic mass is 16.5. The fourth-order valence-electron chi connectivity index (χ4n) is 2.27. The molecule has 0 spiro atoms. The van der Waals surface area contributed by atoms with Crippen molar-refractivity contribution in [3.05, 3.63) is 30.3 Å². The van der Waals surface area contributed by atoms with Crippen LogP contribution < -0.4 is 4.74 Å². The van der Waals surface area contributed by atoms with Crippen LogP contribution in [0.25, 0.3) is 0 Å². The van der Waals surface area contributed by atoms with Crippen LogP contribution >= 0.6 is 0 Å². The van der Waals surface area contributed by atoms with E-state index in [1.165, 1.54) is 0 Å². The molecule has 1 aromatic carbocycles. The van der Waals surface area contributed by atoms with E-state index in [0.717, 1.165) is 36.4 Å². The van der Waals surface area contributed by atoms with Gasteiger partial charge >= 0.3 is 0 Å². The molecule has 0 unspecified atom stereocenters. The molecule has 18 heavy (non-hydrogen) atoms. The third-order valence-corrected chi connectivity index (χ3v) is 3.80. The molecule has 0 aromatic heterocycles. The molecule has 0 aliphatic rings. The Kier molecular flexibility index (Phi) is 6.16.